The second kappa shape index (κ2) is 10.2. The molecule has 1 unspecified atom stereocenters. The van der Waals surface area contributed by atoms with Crippen molar-refractivity contribution < 1.29 is 22.8 Å². The van der Waals surface area contributed by atoms with E-state index in [1.807, 2.05) is 11.9 Å². The number of halogens is 3. The number of aromatic nitrogens is 2. The van der Waals surface area contributed by atoms with E-state index in [-0.39, 0.29) is 18.0 Å². The van der Waals surface area contributed by atoms with E-state index in [1.165, 1.54) is 34.8 Å². The summed E-state index contributed by atoms with van der Waals surface area (Å²) in [5, 5.41) is 4.15. The van der Waals surface area contributed by atoms with Crippen LogP contribution in [0.25, 0.3) is 0 Å². The van der Waals surface area contributed by atoms with Gasteiger partial charge in [-0.15, -0.1) is 0 Å². The zero-order valence-corrected chi connectivity index (χ0v) is 22.1. The van der Waals surface area contributed by atoms with Gasteiger partial charge in [0, 0.05) is 58.4 Å². The van der Waals surface area contributed by atoms with Gasteiger partial charge in [-0.3, -0.25) is 9.69 Å². The van der Waals surface area contributed by atoms with Crippen molar-refractivity contribution in [1.82, 2.24) is 19.6 Å². The molecular formula is C27H35F3N6O2. The summed E-state index contributed by atoms with van der Waals surface area (Å²) in [5.74, 6) is 0.558. The molecule has 5 rings (SSSR count). The van der Waals surface area contributed by atoms with Crippen LogP contribution in [0.2, 0.25) is 0 Å². The standard InChI is InChI=1S/C27H35F3N6O2/c1-18(37)33(3)24-13-31-36(17-24)26(38)35-15-19-11-23(12-20(19)16-35)32(2)14-21-10-22(27(28,29)30)6-7-25(21)34-8-4-5-9-34/h6-7,10,13,17,19-20,23H,4-5,8-9,11-12,14-16H2,1-3H3/t19-,20+,23?. The first kappa shape index (κ1) is 26.5. The van der Waals surface area contributed by atoms with Crippen molar-refractivity contribution in [3.05, 3.63) is 41.7 Å². The Bertz CT molecular complexity index is 1180. The number of carbonyl (C=O) groups is 2. The van der Waals surface area contributed by atoms with E-state index in [2.05, 4.69) is 14.9 Å². The number of anilines is 2. The van der Waals surface area contributed by atoms with Gasteiger partial charge in [-0.2, -0.15) is 23.0 Å². The van der Waals surface area contributed by atoms with Crippen molar-refractivity contribution in [1.29, 1.82) is 0 Å². The Morgan fingerprint density at radius 3 is 2.34 bits per heavy atom. The quantitative estimate of drug-likeness (QED) is 0.575. The highest BCUT2D eigenvalue weighted by atomic mass is 19.4. The summed E-state index contributed by atoms with van der Waals surface area (Å²) in [6.07, 6.45) is 2.64. The predicted octanol–water partition coefficient (Wildman–Crippen LogP) is 4.30. The number of nitrogens with zero attached hydrogens (tertiary/aromatic N) is 6. The van der Waals surface area contributed by atoms with Crippen LogP contribution in [0.3, 0.4) is 0 Å². The number of hydrogen-bond acceptors (Lipinski definition) is 5. The first-order valence-corrected chi connectivity index (χ1v) is 13.2. The van der Waals surface area contributed by atoms with Gasteiger partial charge >= 0.3 is 12.2 Å². The molecule has 8 nitrogen and oxygen atoms in total. The molecule has 0 radical (unpaired) electrons. The van der Waals surface area contributed by atoms with Crippen molar-refractivity contribution in [2.75, 3.05) is 50.1 Å². The molecule has 0 bridgehead atoms. The van der Waals surface area contributed by atoms with Crippen molar-refractivity contribution in [3.8, 4) is 0 Å². The van der Waals surface area contributed by atoms with Gasteiger partial charge in [-0.05, 0) is 68.3 Å². The van der Waals surface area contributed by atoms with Gasteiger partial charge < -0.3 is 14.7 Å². The van der Waals surface area contributed by atoms with E-state index < -0.39 is 11.7 Å². The molecule has 0 N–H and O–H groups in total. The topological polar surface area (TPSA) is 64.9 Å². The summed E-state index contributed by atoms with van der Waals surface area (Å²) in [6, 6.07) is 4.21. The molecular weight excluding hydrogens is 497 g/mol. The van der Waals surface area contributed by atoms with Crippen LogP contribution in [0.15, 0.2) is 30.6 Å². The van der Waals surface area contributed by atoms with Gasteiger partial charge in [-0.25, -0.2) is 4.79 Å². The smallest absolute Gasteiger partial charge is 0.371 e. The SMILES string of the molecule is CC(=O)N(C)c1cnn(C(=O)N2C[C@H]3CC(N(C)Cc4cc(C(F)(F)F)ccc4N4CCCC4)C[C@H]3C2)c1. The number of amides is 2. The van der Waals surface area contributed by atoms with Gasteiger partial charge in [0.05, 0.1) is 23.6 Å². The molecule has 1 aromatic heterocycles. The first-order chi connectivity index (χ1) is 18.0. The minimum absolute atomic E-state index is 0.138. The maximum Gasteiger partial charge on any atom is 0.416 e. The minimum atomic E-state index is -4.37. The van der Waals surface area contributed by atoms with E-state index in [1.54, 1.807) is 19.3 Å². The van der Waals surface area contributed by atoms with Crippen molar-refractivity contribution >= 4 is 23.3 Å². The minimum Gasteiger partial charge on any atom is -0.371 e. The molecule has 2 aliphatic heterocycles. The normalized spacial score (nSPS) is 23.4. The predicted molar refractivity (Wildman–Crippen MR) is 138 cm³/mol. The fourth-order valence-electron chi connectivity index (χ4n) is 6.25. The Kier molecular flexibility index (Phi) is 7.15. The van der Waals surface area contributed by atoms with E-state index in [0.717, 1.165) is 50.0 Å². The van der Waals surface area contributed by atoms with Gasteiger partial charge in [0.2, 0.25) is 5.91 Å². The van der Waals surface area contributed by atoms with Crippen LogP contribution >= 0.6 is 0 Å². The monoisotopic (exact) mass is 532 g/mol. The van der Waals surface area contributed by atoms with Gasteiger partial charge in [0.15, 0.2) is 0 Å². The third-order valence-electron chi connectivity index (χ3n) is 8.52. The summed E-state index contributed by atoms with van der Waals surface area (Å²) >= 11 is 0. The van der Waals surface area contributed by atoms with Crippen LogP contribution in [0.5, 0.6) is 0 Å². The molecule has 38 heavy (non-hydrogen) atoms. The van der Waals surface area contributed by atoms with Crippen LogP contribution in [-0.2, 0) is 17.5 Å². The average molecular weight is 533 g/mol. The molecule has 11 heteroatoms. The number of carbonyl (C=O) groups excluding carboxylic acids is 2. The number of rotatable bonds is 5. The van der Waals surface area contributed by atoms with Gasteiger partial charge in [0.1, 0.15) is 0 Å². The zero-order chi connectivity index (χ0) is 27.2. The molecule has 2 saturated heterocycles. The Morgan fingerprint density at radius 1 is 1.08 bits per heavy atom. The molecule has 2 amide bonds. The highest BCUT2D eigenvalue weighted by Crippen LogP contribution is 2.41. The van der Waals surface area contributed by atoms with Crippen molar-refractivity contribution in [2.45, 2.75) is 51.4 Å². The number of benzene rings is 1. The van der Waals surface area contributed by atoms with E-state index in [4.69, 9.17) is 0 Å². The lowest BCUT2D eigenvalue weighted by Gasteiger charge is -2.29. The van der Waals surface area contributed by atoms with Crippen LogP contribution < -0.4 is 9.80 Å². The Balaban J connectivity index is 1.22. The molecule has 3 atom stereocenters. The van der Waals surface area contributed by atoms with Gasteiger partial charge in [-0.1, -0.05) is 0 Å². The molecule has 1 aromatic carbocycles. The summed E-state index contributed by atoms with van der Waals surface area (Å²) in [5.41, 5.74) is 1.60. The average Bonchev–Trinajstić information content (AvgIpc) is 3.66. The number of fused-ring (bicyclic) bond motifs is 1. The summed E-state index contributed by atoms with van der Waals surface area (Å²) in [7, 11) is 3.64. The molecule has 1 aliphatic carbocycles. The van der Waals surface area contributed by atoms with Crippen LogP contribution in [0.4, 0.5) is 29.3 Å². The third-order valence-corrected chi connectivity index (χ3v) is 8.52. The van der Waals surface area contributed by atoms with Crippen LogP contribution in [-0.4, -0.2) is 77.8 Å². The third kappa shape index (κ3) is 5.25. The van der Waals surface area contributed by atoms with Crippen LogP contribution in [0.1, 0.15) is 43.7 Å². The van der Waals surface area contributed by atoms with Crippen molar-refractivity contribution in [3.63, 3.8) is 0 Å². The molecule has 1 saturated carbocycles. The summed E-state index contributed by atoms with van der Waals surface area (Å²) < 4.78 is 41.8. The largest absolute Gasteiger partial charge is 0.416 e. The maximum absolute atomic E-state index is 13.5. The molecule has 2 aromatic rings. The fourth-order valence-corrected chi connectivity index (χ4v) is 6.25. The lowest BCUT2D eigenvalue weighted by molar-refractivity contribution is -0.137. The molecule has 3 heterocycles. The maximum atomic E-state index is 13.5. The van der Waals surface area contributed by atoms with Gasteiger partial charge in [0.25, 0.3) is 0 Å². The van der Waals surface area contributed by atoms with E-state index in [0.29, 0.717) is 37.2 Å². The number of likely N-dealkylation sites (tertiary alicyclic amines) is 1. The number of hydrogen-bond donors (Lipinski definition) is 0. The lowest BCUT2D eigenvalue weighted by Crippen LogP contribution is -2.36. The Morgan fingerprint density at radius 2 is 1.74 bits per heavy atom. The van der Waals surface area contributed by atoms with Crippen molar-refractivity contribution in [2.24, 2.45) is 11.8 Å². The summed E-state index contributed by atoms with van der Waals surface area (Å²) in [4.78, 5) is 32.3. The van der Waals surface area contributed by atoms with E-state index in [9.17, 15) is 22.8 Å². The molecule has 0 spiro atoms. The lowest BCUT2D eigenvalue weighted by atomic mass is 10.0. The fraction of sp³-hybridized carbons (Fsp3) is 0.593. The van der Waals surface area contributed by atoms with E-state index >= 15 is 0 Å². The molecule has 3 fully saturated rings. The summed E-state index contributed by atoms with van der Waals surface area (Å²) in [6.45, 7) is 4.93. The first-order valence-electron chi connectivity index (χ1n) is 13.2. The molecule has 206 valence electrons. The zero-order valence-electron chi connectivity index (χ0n) is 22.1. The Labute approximate surface area is 221 Å². The second-order valence-electron chi connectivity index (χ2n) is 11.0. The number of alkyl halides is 3. The highest BCUT2D eigenvalue weighted by molar-refractivity contribution is 5.91. The highest BCUT2D eigenvalue weighted by Gasteiger charge is 2.44. The Hall–Kier alpha value is -3.08. The second-order valence-corrected chi connectivity index (χ2v) is 11.0. The van der Waals surface area contributed by atoms with Crippen LogP contribution in [0, 0.1) is 11.8 Å². The molecule has 3 aliphatic rings.